The van der Waals surface area contributed by atoms with Gasteiger partial charge < -0.3 is 10.2 Å². The Balaban J connectivity index is 1.59. The van der Waals surface area contributed by atoms with Gasteiger partial charge in [0.1, 0.15) is 6.54 Å². The standard InChI is InChI=1S/C19H23N5O3/c25-16(20-14-7-3-1-4-8-14)13-24-18(27)17(26)23-12-11-22(19(23)21-24)15-9-5-2-6-10-15/h2,5-6,9-10,14H,1,3-4,7-8,11-13H2,(H,20,25). The van der Waals surface area contributed by atoms with Gasteiger partial charge in [0.25, 0.3) is 0 Å². The number of aromatic nitrogens is 3. The molecule has 142 valence electrons. The van der Waals surface area contributed by atoms with Crippen molar-refractivity contribution in [1.82, 2.24) is 19.7 Å². The summed E-state index contributed by atoms with van der Waals surface area (Å²) in [5.74, 6) is 0.126. The van der Waals surface area contributed by atoms with Crippen LogP contribution in [0.5, 0.6) is 0 Å². The Labute approximate surface area is 156 Å². The van der Waals surface area contributed by atoms with E-state index in [9.17, 15) is 14.4 Å². The summed E-state index contributed by atoms with van der Waals surface area (Å²) in [6, 6.07) is 9.72. The number of nitrogens with zero attached hydrogens (tertiary/aromatic N) is 4. The van der Waals surface area contributed by atoms with E-state index >= 15 is 0 Å². The third-order valence-corrected chi connectivity index (χ3v) is 5.23. The van der Waals surface area contributed by atoms with Gasteiger partial charge in [-0.25, -0.2) is 4.68 Å². The SMILES string of the molecule is O=C(Cn1nc2n(c(=O)c1=O)CCN2c1ccccc1)NC1CCCCC1. The number of anilines is 2. The minimum atomic E-state index is -0.757. The zero-order valence-corrected chi connectivity index (χ0v) is 15.1. The zero-order chi connectivity index (χ0) is 18.8. The summed E-state index contributed by atoms with van der Waals surface area (Å²) in [7, 11) is 0. The van der Waals surface area contributed by atoms with Crippen molar-refractivity contribution in [2.24, 2.45) is 0 Å². The van der Waals surface area contributed by atoms with Crippen molar-refractivity contribution in [2.75, 3.05) is 11.4 Å². The summed E-state index contributed by atoms with van der Waals surface area (Å²) < 4.78 is 2.37. The van der Waals surface area contributed by atoms with Gasteiger partial charge in [0.15, 0.2) is 0 Å². The summed E-state index contributed by atoms with van der Waals surface area (Å²) in [6.07, 6.45) is 5.33. The maximum Gasteiger partial charge on any atom is 0.333 e. The smallest absolute Gasteiger partial charge is 0.333 e. The zero-order valence-electron chi connectivity index (χ0n) is 15.1. The molecule has 0 bridgehead atoms. The molecule has 1 aliphatic carbocycles. The molecule has 1 aromatic heterocycles. The predicted molar refractivity (Wildman–Crippen MR) is 101 cm³/mol. The quantitative estimate of drug-likeness (QED) is 0.813. The number of nitrogens with one attached hydrogen (secondary N) is 1. The Morgan fingerprint density at radius 2 is 1.78 bits per heavy atom. The van der Waals surface area contributed by atoms with Gasteiger partial charge in [0, 0.05) is 24.8 Å². The highest BCUT2D eigenvalue weighted by Crippen LogP contribution is 2.25. The van der Waals surface area contributed by atoms with E-state index in [1.807, 2.05) is 35.2 Å². The van der Waals surface area contributed by atoms with E-state index in [-0.39, 0.29) is 18.5 Å². The second-order valence-corrected chi connectivity index (χ2v) is 7.11. The molecule has 1 saturated carbocycles. The number of para-hydroxylation sites is 1. The third-order valence-electron chi connectivity index (χ3n) is 5.23. The summed E-state index contributed by atoms with van der Waals surface area (Å²) >= 11 is 0. The van der Waals surface area contributed by atoms with Crippen LogP contribution in [0.1, 0.15) is 32.1 Å². The van der Waals surface area contributed by atoms with Crippen molar-refractivity contribution in [3.63, 3.8) is 0 Å². The predicted octanol–water partition coefficient (Wildman–Crippen LogP) is 1.01. The van der Waals surface area contributed by atoms with Crippen molar-refractivity contribution in [2.45, 2.75) is 51.2 Å². The third kappa shape index (κ3) is 3.51. The first-order valence-corrected chi connectivity index (χ1v) is 9.47. The molecule has 1 aromatic carbocycles. The molecule has 0 unspecified atom stereocenters. The molecule has 0 spiro atoms. The molecule has 2 heterocycles. The van der Waals surface area contributed by atoms with Crippen molar-refractivity contribution in [3.8, 4) is 0 Å². The monoisotopic (exact) mass is 369 g/mol. The average molecular weight is 369 g/mol. The average Bonchev–Trinajstić information content (AvgIpc) is 3.11. The van der Waals surface area contributed by atoms with E-state index in [0.29, 0.717) is 19.0 Å². The van der Waals surface area contributed by atoms with E-state index in [2.05, 4.69) is 10.4 Å². The van der Waals surface area contributed by atoms with E-state index < -0.39 is 11.1 Å². The lowest BCUT2D eigenvalue weighted by Crippen LogP contribution is -2.46. The molecule has 8 nitrogen and oxygen atoms in total. The maximum absolute atomic E-state index is 12.5. The summed E-state index contributed by atoms with van der Waals surface area (Å²) in [5.41, 5.74) is -0.496. The van der Waals surface area contributed by atoms with Gasteiger partial charge in [-0.1, -0.05) is 37.5 Å². The number of fused-ring (bicyclic) bond motifs is 1. The van der Waals surface area contributed by atoms with Gasteiger partial charge in [0.2, 0.25) is 11.9 Å². The number of rotatable bonds is 4. The topological polar surface area (TPSA) is 89.2 Å². The maximum atomic E-state index is 12.5. The molecule has 8 heteroatoms. The molecule has 2 aliphatic rings. The number of carbonyl (C=O) groups is 1. The highest BCUT2D eigenvalue weighted by Gasteiger charge is 2.26. The number of amides is 1. The first kappa shape index (κ1) is 17.5. The second kappa shape index (κ2) is 7.38. The Hall–Kier alpha value is -2.90. The van der Waals surface area contributed by atoms with Crippen LogP contribution < -0.4 is 21.3 Å². The lowest BCUT2D eigenvalue weighted by atomic mass is 9.95. The van der Waals surface area contributed by atoms with Crippen molar-refractivity contribution < 1.29 is 4.79 Å². The molecule has 0 atom stereocenters. The molecule has 1 N–H and O–H groups in total. The van der Waals surface area contributed by atoms with Crippen molar-refractivity contribution >= 4 is 17.5 Å². The number of hydrogen-bond acceptors (Lipinski definition) is 5. The summed E-state index contributed by atoms with van der Waals surface area (Å²) in [5, 5.41) is 7.30. The Morgan fingerprint density at radius 1 is 1.04 bits per heavy atom. The fraction of sp³-hybridized carbons (Fsp3) is 0.474. The molecule has 4 rings (SSSR count). The van der Waals surface area contributed by atoms with Crippen LogP contribution in [-0.4, -0.2) is 32.8 Å². The van der Waals surface area contributed by atoms with Gasteiger partial charge >= 0.3 is 11.1 Å². The Morgan fingerprint density at radius 3 is 2.52 bits per heavy atom. The second-order valence-electron chi connectivity index (χ2n) is 7.11. The minimum absolute atomic E-state index is 0.151. The number of benzene rings is 1. The molecule has 1 aliphatic heterocycles. The molecule has 1 fully saturated rings. The highest BCUT2D eigenvalue weighted by atomic mass is 16.2. The van der Waals surface area contributed by atoms with Crippen LogP contribution in [0.2, 0.25) is 0 Å². The van der Waals surface area contributed by atoms with Crippen molar-refractivity contribution in [1.29, 1.82) is 0 Å². The molecule has 0 saturated heterocycles. The first-order chi connectivity index (χ1) is 13.1. The van der Waals surface area contributed by atoms with Gasteiger partial charge in [-0.05, 0) is 25.0 Å². The number of hydrogen-bond donors (Lipinski definition) is 1. The van der Waals surface area contributed by atoms with Gasteiger partial charge in [-0.15, -0.1) is 5.10 Å². The fourth-order valence-corrected chi connectivity index (χ4v) is 3.84. The van der Waals surface area contributed by atoms with Crippen LogP contribution in [0.15, 0.2) is 39.9 Å². The Kier molecular flexibility index (Phi) is 4.79. The molecular formula is C19H23N5O3. The van der Waals surface area contributed by atoms with Gasteiger partial charge in [-0.2, -0.15) is 0 Å². The molecule has 0 radical (unpaired) electrons. The minimum Gasteiger partial charge on any atom is -0.352 e. The van der Waals surface area contributed by atoms with Crippen LogP contribution in [0.4, 0.5) is 11.6 Å². The van der Waals surface area contributed by atoms with E-state index in [1.54, 1.807) is 0 Å². The summed E-state index contributed by atoms with van der Waals surface area (Å²) in [6.45, 7) is 0.728. The highest BCUT2D eigenvalue weighted by molar-refractivity contribution is 5.76. The normalized spacial score (nSPS) is 17.0. The van der Waals surface area contributed by atoms with Gasteiger partial charge in [-0.3, -0.25) is 19.0 Å². The van der Waals surface area contributed by atoms with E-state index in [0.717, 1.165) is 36.1 Å². The summed E-state index contributed by atoms with van der Waals surface area (Å²) in [4.78, 5) is 39.1. The largest absolute Gasteiger partial charge is 0.352 e. The first-order valence-electron chi connectivity index (χ1n) is 9.47. The van der Waals surface area contributed by atoms with Gasteiger partial charge in [0.05, 0.1) is 0 Å². The van der Waals surface area contributed by atoms with E-state index in [1.165, 1.54) is 11.0 Å². The lowest BCUT2D eigenvalue weighted by molar-refractivity contribution is -0.122. The molecule has 1 amide bonds. The molecule has 27 heavy (non-hydrogen) atoms. The lowest BCUT2D eigenvalue weighted by Gasteiger charge is -2.23. The van der Waals surface area contributed by atoms with Crippen LogP contribution in [0.25, 0.3) is 0 Å². The number of carbonyl (C=O) groups excluding carboxylic acids is 1. The van der Waals surface area contributed by atoms with Crippen LogP contribution in [0, 0.1) is 0 Å². The van der Waals surface area contributed by atoms with Crippen molar-refractivity contribution in [3.05, 3.63) is 51.0 Å². The van der Waals surface area contributed by atoms with Crippen LogP contribution >= 0.6 is 0 Å². The van der Waals surface area contributed by atoms with E-state index in [4.69, 9.17) is 0 Å². The Bertz CT molecular complexity index is 944. The molecule has 2 aromatic rings. The fourth-order valence-electron chi connectivity index (χ4n) is 3.84. The van der Waals surface area contributed by atoms with Crippen LogP contribution in [-0.2, 0) is 17.9 Å². The molecular weight excluding hydrogens is 346 g/mol. The van der Waals surface area contributed by atoms with Crippen LogP contribution in [0.3, 0.4) is 0 Å².